The standard InChI is InChI=1S/C25H27ClFN5O3/c1-28-10-11-29-25(33)15-6-8-16(9-7-15)35-22-12-17-20(13-21(22)34-2)30-14-31-24(17)32-19-5-3-4-18(26)23(19)27/h3-6,12-14,16,28H,7-11H2,1-2H3,(H,29,33)(H,30,31,32). The Bertz CT molecular complexity index is 1250. The van der Waals surface area contributed by atoms with E-state index in [1.165, 1.54) is 12.4 Å². The Morgan fingerprint density at radius 2 is 2.09 bits per heavy atom. The Balaban J connectivity index is 1.55. The molecule has 0 saturated carbocycles. The number of anilines is 2. The van der Waals surface area contributed by atoms with Crippen molar-refractivity contribution >= 4 is 39.9 Å². The molecule has 2 aromatic carbocycles. The van der Waals surface area contributed by atoms with Gasteiger partial charge in [-0.2, -0.15) is 0 Å². The SMILES string of the molecule is CNCCNC(=O)C1=CCC(Oc2cc3c(Nc4cccc(Cl)c4F)ncnc3cc2OC)CC1. The minimum Gasteiger partial charge on any atom is -0.493 e. The van der Waals surface area contributed by atoms with E-state index in [0.717, 1.165) is 12.1 Å². The first-order chi connectivity index (χ1) is 17.0. The second kappa shape index (κ2) is 11.3. The number of ether oxygens (including phenoxy) is 2. The molecule has 3 N–H and O–H groups in total. The molecule has 35 heavy (non-hydrogen) atoms. The van der Waals surface area contributed by atoms with Gasteiger partial charge in [-0.3, -0.25) is 4.79 Å². The lowest BCUT2D eigenvalue weighted by Gasteiger charge is -2.24. The summed E-state index contributed by atoms with van der Waals surface area (Å²) in [6, 6.07) is 8.25. The van der Waals surface area contributed by atoms with Crippen LogP contribution >= 0.6 is 11.6 Å². The highest BCUT2D eigenvalue weighted by Gasteiger charge is 2.22. The average molecular weight is 500 g/mol. The smallest absolute Gasteiger partial charge is 0.246 e. The zero-order valence-corrected chi connectivity index (χ0v) is 20.3. The van der Waals surface area contributed by atoms with E-state index in [0.29, 0.717) is 54.0 Å². The van der Waals surface area contributed by atoms with Gasteiger partial charge in [0.15, 0.2) is 17.3 Å². The molecule has 0 fully saturated rings. The number of carbonyl (C=O) groups is 1. The third kappa shape index (κ3) is 5.80. The number of methoxy groups -OCH3 is 1. The van der Waals surface area contributed by atoms with Crippen LogP contribution in [0.25, 0.3) is 10.9 Å². The molecule has 0 spiro atoms. The van der Waals surface area contributed by atoms with Crippen LogP contribution in [0.4, 0.5) is 15.9 Å². The van der Waals surface area contributed by atoms with Crippen molar-refractivity contribution in [1.29, 1.82) is 0 Å². The second-order valence-corrected chi connectivity index (χ2v) is 8.48. The van der Waals surface area contributed by atoms with Crippen molar-refractivity contribution in [2.75, 3.05) is 32.6 Å². The molecule has 1 aliphatic rings. The van der Waals surface area contributed by atoms with Gasteiger partial charge in [0, 0.05) is 36.5 Å². The molecule has 1 unspecified atom stereocenters. The fourth-order valence-electron chi connectivity index (χ4n) is 3.86. The fourth-order valence-corrected chi connectivity index (χ4v) is 4.04. The lowest BCUT2D eigenvalue weighted by atomic mass is 9.96. The summed E-state index contributed by atoms with van der Waals surface area (Å²) >= 11 is 5.92. The summed E-state index contributed by atoms with van der Waals surface area (Å²) in [4.78, 5) is 20.9. The highest BCUT2D eigenvalue weighted by molar-refractivity contribution is 6.31. The van der Waals surface area contributed by atoms with Crippen LogP contribution in [0, 0.1) is 5.82 Å². The number of amides is 1. The number of hydrogen-bond donors (Lipinski definition) is 3. The molecule has 184 valence electrons. The van der Waals surface area contributed by atoms with Crippen LogP contribution in [0.2, 0.25) is 5.02 Å². The van der Waals surface area contributed by atoms with E-state index in [1.54, 1.807) is 31.4 Å². The molecule has 0 bridgehead atoms. The maximum atomic E-state index is 14.5. The number of nitrogens with zero attached hydrogens (tertiary/aromatic N) is 2. The Morgan fingerprint density at radius 1 is 1.23 bits per heavy atom. The molecule has 1 amide bonds. The second-order valence-electron chi connectivity index (χ2n) is 8.07. The maximum Gasteiger partial charge on any atom is 0.246 e. The molecule has 1 heterocycles. The summed E-state index contributed by atoms with van der Waals surface area (Å²) in [5.41, 5.74) is 1.58. The normalized spacial score (nSPS) is 15.4. The molecule has 1 aliphatic carbocycles. The summed E-state index contributed by atoms with van der Waals surface area (Å²) in [7, 11) is 3.40. The number of fused-ring (bicyclic) bond motifs is 1. The zero-order valence-electron chi connectivity index (χ0n) is 19.5. The van der Waals surface area contributed by atoms with Crippen LogP contribution in [0.5, 0.6) is 11.5 Å². The highest BCUT2D eigenvalue weighted by atomic mass is 35.5. The largest absolute Gasteiger partial charge is 0.493 e. The third-order valence-corrected chi connectivity index (χ3v) is 6.03. The predicted octanol–water partition coefficient (Wildman–Crippen LogP) is 4.37. The first kappa shape index (κ1) is 24.7. The number of nitrogens with one attached hydrogen (secondary N) is 3. The van der Waals surface area contributed by atoms with Gasteiger partial charge in [0.05, 0.1) is 23.3 Å². The van der Waals surface area contributed by atoms with Crippen LogP contribution < -0.4 is 25.4 Å². The number of aromatic nitrogens is 2. The summed E-state index contributed by atoms with van der Waals surface area (Å²) < 4.78 is 26.3. The van der Waals surface area contributed by atoms with Gasteiger partial charge in [-0.25, -0.2) is 14.4 Å². The van der Waals surface area contributed by atoms with Crippen molar-refractivity contribution in [2.45, 2.75) is 25.4 Å². The monoisotopic (exact) mass is 499 g/mol. The van der Waals surface area contributed by atoms with Gasteiger partial charge in [0.1, 0.15) is 18.2 Å². The topological polar surface area (TPSA) is 97.4 Å². The van der Waals surface area contributed by atoms with Crippen molar-refractivity contribution in [2.24, 2.45) is 0 Å². The molecule has 3 aromatic rings. The lowest BCUT2D eigenvalue weighted by molar-refractivity contribution is -0.117. The van der Waals surface area contributed by atoms with Crippen LogP contribution in [0.15, 0.2) is 48.3 Å². The van der Waals surface area contributed by atoms with Crippen molar-refractivity contribution < 1.29 is 18.7 Å². The van der Waals surface area contributed by atoms with Gasteiger partial charge in [-0.05, 0) is 38.1 Å². The van der Waals surface area contributed by atoms with Crippen molar-refractivity contribution in [3.8, 4) is 11.5 Å². The van der Waals surface area contributed by atoms with Gasteiger partial charge < -0.3 is 25.4 Å². The van der Waals surface area contributed by atoms with Crippen LogP contribution in [0.1, 0.15) is 19.3 Å². The van der Waals surface area contributed by atoms with E-state index in [4.69, 9.17) is 21.1 Å². The van der Waals surface area contributed by atoms with Crippen molar-refractivity contribution in [3.63, 3.8) is 0 Å². The number of likely N-dealkylation sites (N-methyl/N-ethyl adjacent to an activating group) is 1. The lowest BCUT2D eigenvalue weighted by Crippen LogP contribution is -2.33. The summed E-state index contributed by atoms with van der Waals surface area (Å²) in [5, 5.41) is 9.56. The Morgan fingerprint density at radius 3 is 2.83 bits per heavy atom. The van der Waals surface area contributed by atoms with Gasteiger partial charge in [0.2, 0.25) is 5.91 Å². The number of carbonyl (C=O) groups excluding carboxylic acids is 1. The number of benzene rings is 2. The molecule has 1 aromatic heterocycles. The predicted molar refractivity (Wildman–Crippen MR) is 134 cm³/mol. The Labute approximate surface area is 207 Å². The van der Waals surface area contributed by atoms with E-state index < -0.39 is 5.82 Å². The molecule has 0 aliphatic heterocycles. The maximum absolute atomic E-state index is 14.5. The van der Waals surface area contributed by atoms with Crippen molar-refractivity contribution in [1.82, 2.24) is 20.6 Å². The quantitative estimate of drug-likeness (QED) is 0.376. The van der Waals surface area contributed by atoms with Gasteiger partial charge in [-0.15, -0.1) is 0 Å². The van der Waals surface area contributed by atoms with Crippen LogP contribution in [-0.2, 0) is 4.79 Å². The highest BCUT2D eigenvalue weighted by Crippen LogP contribution is 2.37. The molecule has 0 saturated heterocycles. The molecule has 10 heteroatoms. The fraction of sp³-hybridized carbons (Fsp3) is 0.320. The van der Waals surface area contributed by atoms with Gasteiger partial charge in [0.25, 0.3) is 0 Å². The van der Waals surface area contributed by atoms with E-state index in [-0.39, 0.29) is 22.7 Å². The van der Waals surface area contributed by atoms with E-state index in [2.05, 4.69) is 25.9 Å². The van der Waals surface area contributed by atoms with Gasteiger partial charge >= 0.3 is 0 Å². The molecule has 8 nitrogen and oxygen atoms in total. The number of halogens is 2. The first-order valence-corrected chi connectivity index (χ1v) is 11.7. The Kier molecular flexibility index (Phi) is 7.99. The Hall–Kier alpha value is -3.43. The molecule has 0 radical (unpaired) electrons. The van der Waals surface area contributed by atoms with Gasteiger partial charge in [-0.1, -0.05) is 23.7 Å². The number of rotatable bonds is 9. The molecule has 1 atom stereocenters. The minimum absolute atomic E-state index is 0.0134. The third-order valence-electron chi connectivity index (χ3n) is 5.73. The van der Waals surface area contributed by atoms with Crippen LogP contribution in [-0.4, -0.2) is 49.2 Å². The van der Waals surface area contributed by atoms with Crippen LogP contribution in [0.3, 0.4) is 0 Å². The molecular weight excluding hydrogens is 473 g/mol. The summed E-state index contributed by atoms with van der Waals surface area (Å²) in [5.74, 6) is 0.849. The van der Waals surface area contributed by atoms with Crippen molar-refractivity contribution in [3.05, 3.63) is 59.1 Å². The first-order valence-electron chi connectivity index (χ1n) is 11.3. The molecule has 4 rings (SSSR count). The van der Waals surface area contributed by atoms with E-state index in [9.17, 15) is 9.18 Å². The summed E-state index contributed by atoms with van der Waals surface area (Å²) in [6.45, 7) is 1.30. The molecular formula is C25H27ClFN5O3. The zero-order chi connectivity index (χ0) is 24.8. The number of hydrogen-bond acceptors (Lipinski definition) is 7. The van der Waals surface area contributed by atoms with E-state index >= 15 is 0 Å². The average Bonchev–Trinajstić information content (AvgIpc) is 2.87. The summed E-state index contributed by atoms with van der Waals surface area (Å²) in [6.07, 6.45) is 5.10. The van der Waals surface area contributed by atoms with E-state index in [1.807, 2.05) is 13.1 Å². The minimum atomic E-state index is -0.564.